The van der Waals surface area contributed by atoms with Crippen molar-refractivity contribution in [2.24, 2.45) is 5.73 Å². The van der Waals surface area contributed by atoms with Crippen molar-refractivity contribution < 1.29 is 4.79 Å². The molecule has 0 atom stereocenters. The first-order chi connectivity index (χ1) is 11.9. The molecule has 3 aromatic rings. The Kier molecular flexibility index (Phi) is 4.40. The lowest BCUT2D eigenvalue weighted by Gasteiger charge is -2.23. The maximum atomic E-state index is 12.1. The fraction of sp³-hybridized carbons (Fsp3) is 0.250. The van der Waals surface area contributed by atoms with E-state index in [1.165, 1.54) is 5.56 Å². The zero-order valence-electron chi connectivity index (χ0n) is 14.7. The minimum absolute atomic E-state index is 0.0935. The molecule has 0 radical (unpaired) electrons. The van der Waals surface area contributed by atoms with Gasteiger partial charge in [0, 0.05) is 5.39 Å². The number of hydrogen-bond donors (Lipinski definition) is 1. The number of benzene rings is 2. The van der Waals surface area contributed by atoms with Crippen LogP contribution in [0.3, 0.4) is 0 Å². The Labute approximate surface area is 147 Å². The maximum Gasteiger partial charge on any atom is 0.319 e. The quantitative estimate of drug-likeness (QED) is 0.786. The molecule has 0 aliphatic carbocycles. The molecule has 25 heavy (non-hydrogen) atoms. The van der Waals surface area contributed by atoms with Crippen molar-refractivity contribution in [1.29, 1.82) is 0 Å². The van der Waals surface area contributed by atoms with Crippen LogP contribution in [0.2, 0.25) is 0 Å². The van der Waals surface area contributed by atoms with Gasteiger partial charge in [-0.1, -0.05) is 51.1 Å². The average molecular weight is 334 g/mol. The fourth-order valence-electron chi connectivity index (χ4n) is 2.81. The van der Waals surface area contributed by atoms with Crippen LogP contribution < -0.4 is 10.6 Å². The van der Waals surface area contributed by atoms with Crippen LogP contribution in [0.25, 0.3) is 10.9 Å². The Morgan fingerprint density at radius 3 is 2.44 bits per heavy atom. The molecule has 2 N–H and O–H groups in total. The normalized spacial score (nSPS) is 11.5. The second-order valence-electron chi connectivity index (χ2n) is 7.11. The highest BCUT2D eigenvalue weighted by Gasteiger charge is 2.17. The molecule has 0 unspecified atom stereocenters. The number of carbonyl (C=O) groups is 1. The number of rotatable bonds is 3. The topological polar surface area (TPSA) is 72.1 Å². The summed E-state index contributed by atoms with van der Waals surface area (Å²) in [4.78, 5) is 13.7. The Morgan fingerprint density at radius 1 is 1.08 bits per heavy atom. The summed E-state index contributed by atoms with van der Waals surface area (Å²) in [5.41, 5.74) is 9.49. The second-order valence-corrected chi connectivity index (χ2v) is 7.11. The second kappa shape index (κ2) is 6.51. The predicted molar refractivity (Wildman–Crippen MR) is 100 cm³/mol. The zero-order valence-corrected chi connectivity index (χ0v) is 14.7. The summed E-state index contributed by atoms with van der Waals surface area (Å²) in [7, 11) is 0. The van der Waals surface area contributed by atoms with Crippen LogP contribution in [0.4, 0.5) is 10.5 Å². The Hall–Kier alpha value is -2.95. The van der Waals surface area contributed by atoms with Crippen LogP contribution in [0, 0.1) is 0 Å². The Balaban J connectivity index is 1.96. The van der Waals surface area contributed by atoms with E-state index in [1.807, 2.05) is 36.4 Å². The van der Waals surface area contributed by atoms with E-state index in [1.54, 1.807) is 11.1 Å². The van der Waals surface area contributed by atoms with Gasteiger partial charge in [0.2, 0.25) is 0 Å². The highest BCUT2D eigenvalue weighted by atomic mass is 16.2. The van der Waals surface area contributed by atoms with Gasteiger partial charge < -0.3 is 5.73 Å². The van der Waals surface area contributed by atoms with Crippen LogP contribution in [-0.4, -0.2) is 16.2 Å². The van der Waals surface area contributed by atoms with Gasteiger partial charge in [-0.05, 0) is 34.7 Å². The van der Waals surface area contributed by atoms with Gasteiger partial charge in [-0.25, -0.2) is 4.79 Å². The van der Waals surface area contributed by atoms with Gasteiger partial charge in [-0.15, -0.1) is 0 Å². The number of anilines is 1. The third-order valence-electron chi connectivity index (χ3n) is 4.25. The number of primary amides is 1. The van der Waals surface area contributed by atoms with Crippen molar-refractivity contribution in [3.63, 3.8) is 0 Å². The summed E-state index contributed by atoms with van der Waals surface area (Å²) in [6.45, 7) is 6.93. The van der Waals surface area contributed by atoms with Gasteiger partial charge in [0.05, 0.1) is 23.9 Å². The smallest absolute Gasteiger partial charge is 0.319 e. The monoisotopic (exact) mass is 334 g/mol. The van der Waals surface area contributed by atoms with Gasteiger partial charge in [0.25, 0.3) is 0 Å². The lowest BCUT2D eigenvalue weighted by Crippen LogP contribution is -2.35. The zero-order chi connectivity index (χ0) is 18.0. The highest BCUT2D eigenvalue weighted by molar-refractivity contribution is 6.01. The summed E-state index contributed by atoms with van der Waals surface area (Å²) in [6, 6.07) is 15.2. The number of carbonyl (C=O) groups excluding carboxylic acids is 1. The molecule has 0 bridgehead atoms. The molecule has 5 nitrogen and oxygen atoms in total. The number of nitrogens with zero attached hydrogens (tertiary/aromatic N) is 3. The fourth-order valence-corrected chi connectivity index (χ4v) is 2.81. The average Bonchev–Trinajstić information content (AvgIpc) is 2.59. The lowest BCUT2D eigenvalue weighted by molar-refractivity contribution is 0.253. The number of nitrogens with two attached hydrogens (primary N) is 1. The molecule has 2 amide bonds. The molecule has 2 aromatic carbocycles. The number of amides is 2. The summed E-state index contributed by atoms with van der Waals surface area (Å²) in [6.07, 6.45) is 1.61. The molecule has 0 fully saturated rings. The molecular formula is C20H22N4O. The Bertz CT molecular complexity index is 892. The molecular weight excluding hydrogens is 312 g/mol. The molecule has 1 aromatic heterocycles. The van der Waals surface area contributed by atoms with E-state index in [-0.39, 0.29) is 5.41 Å². The molecule has 0 aliphatic rings. The summed E-state index contributed by atoms with van der Waals surface area (Å²) < 4.78 is 0. The number of aromatic nitrogens is 2. The molecule has 0 spiro atoms. The van der Waals surface area contributed by atoms with Gasteiger partial charge >= 0.3 is 6.03 Å². The van der Waals surface area contributed by atoms with Crippen molar-refractivity contribution in [3.8, 4) is 0 Å². The third kappa shape index (κ3) is 3.60. The van der Waals surface area contributed by atoms with Crippen LogP contribution in [0.5, 0.6) is 0 Å². The van der Waals surface area contributed by atoms with E-state index in [4.69, 9.17) is 5.73 Å². The number of hydrogen-bond acceptors (Lipinski definition) is 3. The van der Waals surface area contributed by atoms with Crippen molar-refractivity contribution >= 4 is 22.6 Å². The predicted octanol–water partition coefficient (Wildman–Crippen LogP) is 4.01. The third-order valence-corrected chi connectivity index (χ3v) is 4.25. The first-order valence-corrected chi connectivity index (χ1v) is 8.23. The van der Waals surface area contributed by atoms with E-state index >= 15 is 0 Å². The Morgan fingerprint density at radius 2 is 1.80 bits per heavy atom. The maximum absolute atomic E-state index is 12.1. The minimum atomic E-state index is -0.496. The van der Waals surface area contributed by atoms with Crippen molar-refractivity contribution in [2.75, 3.05) is 4.90 Å². The van der Waals surface area contributed by atoms with Crippen LogP contribution >= 0.6 is 0 Å². The SMILES string of the molecule is CC(C)(C)c1ccc(CN(C(N)=O)c2cccc3nnccc23)cc1. The van der Waals surface area contributed by atoms with Crippen molar-refractivity contribution in [1.82, 2.24) is 10.2 Å². The number of urea groups is 1. The standard InChI is InChI=1S/C20H22N4O/c1-20(2,3)15-9-7-14(8-10-15)13-24(19(21)25)18-6-4-5-17-16(18)11-12-22-23-17/h4-12H,13H2,1-3H3,(H2,21,25). The van der Waals surface area contributed by atoms with Gasteiger partial charge in [0.15, 0.2) is 0 Å². The number of fused-ring (bicyclic) bond motifs is 1. The molecule has 0 aliphatic heterocycles. The summed E-state index contributed by atoms with van der Waals surface area (Å²) >= 11 is 0. The molecule has 3 rings (SSSR count). The minimum Gasteiger partial charge on any atom is -0.351 e. The lowest BCUT2D eigenvalue weighted by atomic mass is 9.87. The van der Waals surface area contributed by atoms with Crippen molar-refractivity contribution in [2.45, 2.75) is 32.7 Å². The first-order valence-electron chi connectivity index (χ1n) is 8.23. The van der Waals surface area contributed by atoms with Crippen LogP contribution in [-0.2, 0) is 12.0 Å². The van der Waals surface area contributed by atoms with E-state index in [0.717, 1.165) is 22.2 Å². The van der Waals surface area contributed by atoms with E-state index in [0.29, 0.717) is 6.54 Å². The molecule has 128 valence electrons. The first kappa shape index (κ1) is 16.9. The summed E-state index contributed by atoms with van der Waals surface area (Å²) in [5, 5.41) is 8.84. The van der Waals surface area contributed by atoms with E-state index in [2.05, 4.69) is 43.1 Å². The van der Waals surface area contributed by atoms with Gasteiger partial charge in [-0.2, -0.15) is 10.2 Å². The van der Waals surface area contributed by atoms with Crippen LogP contribution in [0.15, 0.2) is 54.7 Å². The molecule has 0 saturated carbocycles. The van der Waals surface area contributed by atoms with E-state index in [9.17, 15) is 4.79 Å². The summed E-state index contributed by atoms with van der Waals surface area (Å²) in [5.74, 6) is 0. The highest BCUT2D eigenvalue weighted by Crippen LogP contribution is 2.27. The van der Waals surface area contributed by atoms with E-state index < -0.39 is 6.03 Å². The van der Waals surface area contributed by atoms with Gasteiger partial charge in [0.1, 0.15) is 0 Å². The largest absolute Gasteiger partial charge is 0.351 e. The molecule has 1 heterocycles. The van der Waals surface area contributed by atoms with Gasteiger partial charge in [-0.3, -0.25) is 4.90 Å². The van der Waals surface area contributed by atoms with Crippen LogP contribution in [0.1, 0.15) is 31.9 Å². The molecule has 0 saturated heterocycles. The molecule has 5 heteroatoms. The van der Waals surface area contributed by atoms with Crippen molar-refractivity contribution in [3.05, 3.63) is 65.9 Å².